The fourth-order valence-corrected chi connectivity index (χ4v) is 4.98. The summed E-state index contributed by atoms with van der Waals surface area (Å²) in [4.78, 5) is 2.15. The first-order valence-electron chi connectivity index (χ1n) is 8.06. The topological polar surface area (TPSA) is 40.6 Å². The van der Waals surface area contributed by atoms with Crippen molar-refractivity contribution in [2.45, 2.75) is 18.7 Å². The van der Waals surface area contributed by atoms with E-state index in [1.807, 2.05) is 6.92 Å². The van der Waals surface area contributed by atoms with Crippen molar-refractivity contribution in [3.63, 3.8) is 0 Å². The predicted octanol–water partition coefficient (Wildman–Crippen LogP) is 3.61. The summed E-state index contributed by atoms with van der Waals surface area (Å²) in [7, 11) is -3.73. The Morgan fingerprint density at radius 3 is 2.32 bits per heavy atom. The van der Waals surface area contributed by atoms with Crippen molar-refractivity contribution in [3.05, 3.63) is 58.4 Å². The number of hydrogen-bond donors (Lipinski definition) is 0. The van der Waals surface area contributed by atoms with Crippen LogP contribution in [0.1, 0.15) is 11.1 Å². The maximum atomic E-state index is 13.2. The molecule has 0 unspecified atom stereocenters. The quantitative estimate of drug-likeness (QED) is 0.814. The molecule has 25 heavy (non-hydrogen) atoms. The van der Waals surface area contributed by atoms with E-state index in [0.29, 0.717) is 26.2 Å². The molecule has 1 fully saturated rings. The third-order valence-electron chi connectivity index (χ3n) is 4.46. The largest absolute Gasteiger partial charge is 0.369 e. The summed E-state index contributed by atoms with van der Waals surface area (Å²) in [6.07, 6.45) is 0. The molecule has 1 aliphatic heterocycles. The van der Waals surface area contributed by atoms with Gasteiger partial charge in [-0.2, -0.15) is 4.31 Å². The van der Waals surface area contributed by atoms with Crippen LogP contribution in [0, 0.1) is 19.7 Å². The van der Waals surface area contributed by atoms with E-state index >= 15 is 0 Å². The van der Waals surface area contributed by atoms with Gasteiger partial charge in [-0.25, -0.2) is 12.8 Å². The lowest BCUT2D eigenvalue weighted by Crippen LogP contribution is -2.48. The van der Waals surface area contributed by atoms with E-state index in [-0.39, 0.29) is 9.92 Å². The molecule has 0 bridgehead atoms. The van der Waals surface area contributed by atoms with Gasteiger partial charge in [0.15, 0.2) is 0 Å². The maximum absolute atomic E-state index is 13.2. The van der Waals surface area contributed by atoms with Gasteiger partial charge in [0, 0.05) is 31.9 Å². The number of rotatable bonds is 3. The van der Waals surface area contributed by atoms with E-state index in [1.165, 1.54) is 21.5 Å². The summed E-state index contributed by atoms with van der Waals surface area (Å²) in [5.74, 6) is -0.552. The Morgan fingerprint density at radius 1 is 1.00 bits per heavy atom. The molecule has 3 rings (SSSR count). The number of aryl methyl sites for hydroxylation is 2. The fourth-order valence-electron chi connectivity index (χ4n) is 3.05. The molecular weight excluding hydrogens is 363 g/mol. The van der Waals surface area contributed by atoms with Gasteiger partial charge in [0.2, 0.25) is 10.0 Å². The van der Waals surface area contributed by atoms with Crippen molar-refractivity contribution in [2.24, 2.45) is 0 Å². The van der Waals surface area contributed by atoms with Gasteiger partial charge in [0.25, 0.3) is 0 Å². The lowest BCUT2D eigenvalue weighted by Gasteiger charge is -2.36. The second kappa shape index (κ2) is 6.94. The Balaban J connectivity index is 1.78. The first-order valence-corrected chi connectivity index (χ1v) is 9.88. The molecule has 0 spiro atoms. The molecule has 7 heteroatoms. The van der Waals surface area contributed by atoms with E-state index in [4.69, 9.17) is 11.6 Å². The summed E-state index contributed by atoms with van der Waals surface area (Å²) in [5, 5.41) is -0.0861. The second-order valence-electron chi connectivity index (χ2n) is 6.26. The van der Waals surface area contributed by atoms with Crippen molar-refractivity contribution in [2.75, 3.05) is 31.1 Å². The third-order valence-corrected chi connectivity index (χ3v) is 6.84. The first kappa shape index (κ1) is 18.2. The zero-order chi connectivity index (χ0) is 18.2. The summed E-state index contributed by atoms with van der Waals surface area (Å²) in [6.45, 7) is 6.02. The van der Waals surface area contributed by atoms with Crippen LogP contribution in [0.25, 0.3) is 0 Å². The van der Waals surface area contributed by atoms with Crippen LogP contribution in [0.2, 0.25) is 5.02 Å². The average molecular weight is 383 g/mol. The lowest BCUT2D eigenvalue weighted by atomic mass is 10.1. The molecule has 1 saturated heterocycles. The van der Waals surface area contributed by atoms with Crippen LogP contribution in [-0.4, -0.2) is 38.9 Å². The van der Waals surface area contributed by atoms with Gasteiger partial charge in [-0.1, -0.05) is 23.7 Å². The highest BCUT2D eigenvalue weighted by atomic mass is 35.5. The van der Waals surface area contributed by atoms with Crippen molar-refractivity contribution in [1.29, 1.82) is 0 Å². The number of hydrogen-bond acceptors (Lipinski definition) is 3. The SMILES string of the molecule is Cc1ccc(C)c(N2CCN(S(=O)(=O)c3ccc(F)cc3Cl)CC2)c1. The van der Waals surface area contributed by atoms with Crippen LogP contribution in [-0.2, 0) is 10.0 Å². The number of anilines is 1. The van der Waals surface area contributed by atoms with Crippen LogP contribution >= 0.6 is 11.6 Å². The second-order valence-corrected chi connectivity index (χ2v) is 8.57. The number of sulfonamides is 1. The molecule has 4 nitrogen and oxygen atoms in total. The molecule has 2 aromatic rings. The fraction of sp³-hybridized carbons (Fsp3) is 0.333. The highest BCUT2D eigenvalue weighted by molar-refractivity contribution is 7.89. The van der Waals surface area contributed by atoms with Crippen LogP contribution in [0.4, 0.5) is 10.1 Å². The molecule has 0 amide bonds. The molecule has 0 aliphatic carbocycles. The van der Waals surface area contributed by atoms with Gasteiger partial charge in [-0.3, -0.25) is 0 Å². The molecule has 1 aliphatic rings. The zero-order valence-electron chi connectivity index (χ0n) is 14.2. The minimum Gasteiger partial charge on any atom is -0.369 e. The van der Waals surface area contributed by atoms with Crippen LogP contribution in [0.5, 0.6) is 0 Å². The summed E-state index contributed by atoms with van der Waals surface area (Å²) in [6, 6.07) is 9.63. The zero-order valence-corrected chi connectivity index (χ0v) is 15.7. The molecule has 0 N–H and O–H groups in total. The monoisotopic (exact) mass is 382 g/mol. The van der Waals surface area contributed by atoms with Gasteiger partial charge >= 0.3 is 0 Å². The van der Waals surface area contributed by atoms with E-state index < -0.39 is 15.8 Å². The minimum absolute atomic E-state index is 0.0456. The highest BCUT2D eigenvalue weighted by Gasteiger charge is 2.30. The van der Waals surface area contributed by atoms with Crippen LogP contribution < -0.4 is 4.90 Å². The van der Waals surface area contributed by atoms with E-state index in [0.717, 1.165) is 17.8 Å². The van der Waals surface area contributed by atoms with Gasteiger partial charge in [-0.05, 0) is 49.2 Å². The molecule has 0 atom stereocenters. The summed E-state index contributed by atoms with van der Waals surface area (Å²) < 4.78 is 40.2. The van der Waals surface area contributed by atoms with Crippen LogP contribution in [0.3, 0.4) is 0 Å². The summed E-state index contributed by atoms with van der Waals surface area (Å²) >= 11 is 5.94. The molecule has 0 aromatic heterocycles. The molecule has 0 radical (unpaired) electrons. The third kappa shape index (κ3) is 3.66. The number of halogens is 2. The molecule has 1 heterocycles. The lowest BCUT2D eigenvalue weighted by molar-refractivity contribution is 0.384. The summed E-state index contributed by atoms with van der Waals surface area (Å²) in [5.41, 5.74) is 3.48. The van der Waals surface area contributed by atoms with Gasteiger partial charge < -0.3 is 4.90 Å². The van der Waals surface area contributed by atoms with Crippen molar-refractivity contribution in [1.82, 2.24) is 4.31 Å². The van der Waals surface area contributed by atoms with E-state index in [1.54, 1.807) is 0 Å². The predicted molar refractivity (Wildman–Crippen MR) is 98.3 cm³/mol. The van der Waals surface area contributed by atoms with Crippen molar-refractivity contribution < 1.29 is 12.8 Å². The Kier molecular flexibility index (Phi) is 5.04. The normalized spacial score (nSPS) is 16.2. The number of benzene rings is 2. The van der Waals surface area contributed by atoms with Gasteiger partial charge in [0.1, 0.15) is 10.7 Å². The Hall–Kier alpha value is -1.63. The standard InChI is InChI=1S/C18H20ClFN2O2S/c1-13-3-4-14(2)17(11-13)21-7-9-22(10-8-21)25(23,24)18-6-5-15(20)12-16(18)19/h3-6,11-12H,7-10H2,1-2H3. The van der Waals surface area contributed by atoms with Gasteiger partial charge in [0.05, 0.1) is 5.02 Å². The van der Waals surface area contributed by atoms with E-state index in [2.05, 4.69) is 30.0 Å². The average Bonchev–Trinajstić information content (AvgIpc) is 2.57. The molecule has 2 aromatic carbocycles. The molecular formula is C18H20ClFN2O2S. The van der Waals surface area contributed by atoms with Crippen LogP contribution in [0.15, 0.2) is 41.3 Å². The maximum Gasteiger partial charge on any atom is 0.244 e. The Bertz CT molecular complexity index is 894. The molecule has 134 valence electrons. The number of nitrogens with zero attached hydrogens (tertiary/aromatic N) is 2. The number of piperazine rings is 1. The smallest absolute Gasteiger partial charge is 0.244 e. The highest BCUT2D eigenvalue weighted by Crippen LogP contribution is 2.28. The Labute approximate surface area is 152 Å². The van der Waals surface area contributed by atoms with Crippen molar-refractivity contribution in [3.8, 4) is 0 Å². The van der Waals surface area contributed by atoms with Gasteiger partial charge in [-0.15, -0.1) is 0 Å². The molecule has 0 saturated carbocycles. The first-order chi connectivity index (χ1) is 11.8. The Morgan fingerprint density at radius 2 is 1.68 bits per heavy atom. The van der Waals surface area contributed by atoms with E-state index in [9.17, 15) is 12.8 Å². The minimum atomic E-state index is -3.73. The van der Waals surface area contributed by atoms with Crippen molar-refractivity contribution >= 4 is 27.3 Å².